The minimum atomic E-state index is -0.484. The Bertz CT molecular complexity index is 228. The van der Waals surface area contributed by atoms with Gasteiger partial charge in [0.1, 0.15) is 5.72 Å². The molecule has 0 aromatic heterocycles. The average Bonchev–Trinajstić information content (AvgIpc) is 2.22. The van der Waals surface area contributed by atoms with Crippen molar-refractivity contribution in [2.24, 2.45) is 0 Å². The predicted molar refractivity (Wildman–Crippen MR) is 56.3 cm³/mol. The molecule has 1 aliphatic rings. The van der Waals surface area contributed by atoms with Crippen LogP contribution in [0.3, 0.4) is 0 Å². The number of nitrogens with zero attached hydrogens (tertiary/aromatic N) is 1. The van der Waals surface area contributed by atoms with Crippen molar-refractivity contribution < 1.29 is 9.53 Å². The number of amides is 1. The maximum Gasteiger partial charge on any atom is 0.226 e. The van der Waals surface area contributed by atoms with Gasteiger partial charge < -0.3 is 9.64 Å². The third kappa shape index (κ3) is 2.61. The summed E-state index contributed by atoms with van der Waals surface area (Å²) >= 11 is 5.79. The third-order valence-electron chi connectivity index (χ3n) is 2.34. The summed E-state index contributed by atoms with van der Waals surface area (Å²) in [5.41, 5.74) is -0.484. The van der Waals surface area contributed by atoms with Crippen LogP contribution in [0.15, 0.2) is 0 Å². The van der Waals surface area contributed by atoms with Crippen molar-refractivity contribution in [1.29, 1.82) is 0 Å². The van der Waals surface area contributed by atoms with Crippen LogP contribution in [0.5, 0.6) is 0 Å². The van der Waals surface area contributed by atoms with E-state index in [1.54, 1.807) is 4.90 Å². The molecule has 2 atom stereocenters. The summed E-state index contributed by atoms with van der Waals surface area (Å²) in [7, 11) is 0. The minimum absolute atomic E-state index is 0.0712. The lowest BCUT2D eigenvalue weighted by Crippen LogP contribution is -2.44. The van der Waals surface area contributed by atoms with Gasteiger partial charge in [-0.25, -0.2) is 0 Å². The molecule has 1 aliphatic heterocycles. The first-order valence-electron chi connectivity index (χ1n) is 4.95. The number of hydrogen-bond donors (Lipinski definition) is 0. The fourth-order valence-corrected chi connectivity index (χ4v) is 1.96. The Labute approximate surface area is 90.4 Å². The molecule has 0 radical (unpaired) electrons. The molecule has 2 unspecified atom stereocenters. The van der Waals surface area contributed by atoms with Crippen LogP contribution in [0, 0.1) is 0 Å². The summed E-state index contributed by atoms with van der Waals surface area (Å²) in [5.74, 6) is 0.0712. The highest BCUT2D eigenvalue weighted by Gasteiger charge is 2.40. The summed E-state index contributed by atoms with van der Waals surface area (Å²) in [4.78, 5) is 13.5. The highest BCUT2D eigenvalue weighted by Crippen LogP contribution is 2.27. The summed E-state index contributed by atoms with van der Waals surface area (Å²) in [6.45, 7) is 8.28. The number of alkyl halides is 1. The van der Waals surface area contributed by atoms with Crippen molar-refractivity contribution >= 4 is 17.5 Å². The molecule has 0 aromatic carbocycles. The molecule has 1 amide bonds. The van der Waals surface area contributed by atoms with Crippen LogP contribution < -0.4 is 0 Å². The molecular weight excluding hydrogens is 202 g/mol. The van der Waals surface area contributed by atoms with E-state index in [4.69, 9.17) is 16.3 Å². The van der Waals surface area contributed by atoms with Crippen LogP contribution in [-0.2, 0) is 9.53 Å². The Morgan fingerprint density at radius 1 is 1.71 bits per heavy atom. The van der Waals surface area contributed by atoms with E-state index < -0.39 is 5.72 Å². The first-order valence-corrected chi connectivity index (χ1v) is 5.39. The predicted octanol–water partition coefficient (Wildman–Crippen LogP) is 1.99. The molecule has 0 aliphatic carbocycles. The van der Waals surface area contributed by atoms with Crippen molar-refractivity contribution in [3.8, 4) is 0 Å². The number of hydrogen-bond acceptors (Lipinski definition) is 2. The zero-order chi connectivity index (χ0) is 10.9. The zero-order valence-electron chi connectivity index (χ0n) is 9.21. The van der Waals surface area contributed by atoms with E-state index in [9.17, 15) is 4.79 Å². The Morgan fingerprint density at radius 3 is 2.64 bits per heavy atom. The number of carbonyl (C=O) groups is 1. The first kappa shape index (κ1) is 11.8. The van der Waals surface area contributed by atoms with Crippen molar-refractivity contribution in [2.45, 2.75) is 51.3 Å². The van der Waals surface area contributed by atoms with E-state index in [0.717, 1.165) is 0 Å². The van der Waals surface area contributed by atoms with Crippen molar-refractivity contribution in [1.82, 2.24) is 4.90 Å². The Morgan fingerprint density at radius 2 is 2.29 bits per heavy atom. The van der Waals surface area contributed by atoms with Gasteiger partial charge in [-0.15, -0.1) is 11.6 Å². The van der Waals surface area contributed by atoms with Gasteiger partial charge in [-0.2, -0.15) is 0 Å². The lowest BCUT2D eigenvalue weighted by atomic mass is 10.2. The second-order valence-electron chi connectivity index (χ2n) is 4.36. The highest BCUT2D eigenvalue weighted by molar-refractivity contribution is 6.21. The molecule has 1 saturated heterocycles. The van der Waals surface area contributed by atoms with Crippen LogP contribution in [0.1, 0.15) is 34.1 Å². The molecule has 4 heteroatoms. The molecule has 0 spiro atoms. The number of rotatable bonds is 2. The van der Waals surface area contributed by atoms with Crippen LogP contribution >= 0.6 is 11.6 Å². The number of carbonyl (C=O) groups excluding carboxylic acids is 1. The maximum atomic E-state index is 11.8. The topological polar surface area (TPSA) is 29.5 Å². The molecule has 1 heterocycles. The standard InChI is InChI=1S/C10H18ClNO2/c1-7(11)5-9(13)12-6-8(2)14-10(12,3)4/h7-8H,5-6H2,1-4H3. The second-order valence-corrected chi connectivity index (χ2v) is 5.11. The lowest BCUT2D eigenvalue weighted by Gasteiger charge is -2.30. The third-order valence-corrected chi connectivity index (χ3v) is 2.49. The van der Waals surface area contributed by atoms with E-state index in [0.29, 0.717) is 13.0 Å². The van der Waals surface area contributed by atoms with Gasteiger partial charge in [-0.05, 0) is 27.7 Å². The number of halogens is 1. The van der Waals surface area contributed by atoms with Crippen LogP contribution in [-0.4, -0.2) is 34.6 Å². The molecule has 1 fully saturated rings. The van der Waals surface area contributed by atoms with E-state index in [2.05, 4.69) is 0 Å². The van der Waals surface area contributed by atoms with E-state index in [1.807, 2.05) is 27.7 Å². The molecule has 3 nitrogen and oxygen atoms in total. The number of ether oxygens (including phenoxy) is 1. The van der Waals surface area contributed by atoms with Gasteiger partial charge in [-0.1, -0.05) is 0 Å². The molecule has 0 N–H and O–H groups in total. The average molecular weight is 220 g/mol. The van der Waals surface area contributed by atoms with Crippen LogP contribution in [0.2, 0.25) is 0 Å². The Hall–Kier alpha value is -0.280. The molecule has 14 heavy (non-hydrogen) atoms. The normalized spacial score (nSPS) is 27.8. The van der Waals surface area contributed by atoms with Crippen LogP contribution in [0.25, 0.3) is 0 Å². The van der Waals surface area contributed by atoms with Gasteiger partial charge in [-0.3, -0.25) is 4.79 Å². The highest BCUT2D eigenvalue weighted by atomic mass is 35.5. The van der Waals surface area contributed by atoms with Gasteiger partial charge in [0, 0.05) is 18.3 Å². The monoisotopic (exact) mass is 219 g/mol. The SMILES string of the molecule is CC(Cl)CC(=O)N1CC(C)OC1(C)C. The maximum absolute atomic E-state index is 11.8. The van der Waals surface area contributed by atoms with Gasteiger partial charge >= 0.3 is 0 Å². The quantitative estimate of drug-likeness (QED) is 0.665. The minimum Gasteiger partial charge on any atom is -0.351 e. The largest absolute Gasteiger partial charge is 0.351 e. The van der Waals surface area contributed by atoms with Gasteiger partial charge in [0.25, 0.3) is 0 Å². The van der Waals surface area contributed by atoms with Crippen molar-refractivity contribution in [2.75, 3.05) is 6.54 Å². The summed E-state index contributed by atoms with van der Waals surface area (Å²) in [6, 6.07) is 0. The molecule has 0 bridgehead atoms. The molecule has 1 rings (SSSR count). The second kappa shape index (κ2) is 4.07. The fourth-order valence-electron chi connectivity index (χ4n) is 1.82. The molecule has 0 saturated carbocycles. The van der Waals surface area contributed by atoms with E-state index in [1.165, 1.54) is 0 Å². The summed E-state index contributed by atoms with van der Waals surface area (Å²) in [5, 5.41) is -0.116. The fraction of sp³-hybridized carbons (Fsp3) is 0.900. The molecular formula is C10H18ClNO2. The zero-order valence-corrected chi connectivity index (χ0v) is 9.97. The summed E-state index contributed by atoms with van der Waals surface area (Å²) in [6.07, 6.45) is 0.487. The van der Waals surface area contributed by atoms with Gasteiger partial charge in [0.05, 0.1) is 6.10 Å². The van der Waals surface area contributed by atoms with Crippen molar-refractivity contribution in [3.63, 3.8) is 0 Å². The Kier molecular flexibility index (Phi) is 3.43. The van der Waals surface area contributed by atoms with E-state index >= 15 is 0 Å². The first-order chi connectivity index (χ1) is 6.33. The van der Waals surface area contributed by atoms with Crippen molar-refractivity contribution in [3.05, 3.63) is 0 Å². The smallest absolute Gasteiger partial charge is 0.226 e. The molecule has 0 aromatic rings. The summed E-state index contributed by atoms with van der Waals surface area (Å²) < 4.78 is 5.63. The van der Waals surface area contributed by atoms with Gasteiger partial charge in [0.15, 0.2) is 0 Å². The van der Waals surface area contributed by atoms with Gasteiger partial charge in [0.2, 0.25) is 5.91 Å². The lowest BCUT2D eigenvalue weighted by molar-refractivity contribution is -0.145. The Balaban J connectivity index is 2.63. The van der Waals surface area contributed by atoms with E-state index in [-0.39, 0.29) is 17.4 Å². The van der Waals surface area contributed by atoms with Crippen LogP contribution in [0.4, 0.5) is 0 Å². The molecule has 82 valence electrons.